The van der Waals surface area contributed by atoms with Gasteiger partial charge in [-0.3, -0.25) is 0 Å². The van der Waals surface area contributed by atoms with Gasteiger partial charge in [0, 0.05) is 11.5 Å². The molecule has 1 saturated carbocycles. The normalized spacial score (nSPS) is 16.1. The van der Waals surface area contributed by atoms with Crippen molar-refractivity contribution >= 4 is 0 Å². The zero-order valence-electron chi connectivity index (χ0n) is 11.7. The molecule has 1 fully saturated rings. The van der Waals surface area contributed by atoms with E-state index in [1.165, 1.54) is 0 Å². The molecule has 0 radical (unpaired) electrons. The van der Waals surface area contributed by atoms with Crippen LogP contribution in [0.3, 0.4) is 0 Å². The number of nitrogens with zero attached hydrogens (tertiary/aromatic N) is 2. The van der Waals surface area contributed by atoms with E-state index in [9.17, 15) is 5.11 Å². The summed E-state index contributed by atoms with van der Waals surface area (Å²) in [5, 5.41) is 13.7. The molecule has 20 heavy (non-hydrogen) atoms. The molecule has 0 amide bonds. The van der Waals surface area contributed by atoms with Gasteiger partial charge in [0.05, 0.1) is 6.10 Å². The van der Waals surface area contributed by atoms with E-state index in [1.807, 2.05) is 25.1 Å². The molecule has 0 bridgehead atoms. The van der Waals surface area contributed by atoms with Gasteiger partial charge in [-0.25, -0.2) is 0 Å². The highest BCUT2D eigenvalue weighted by Crippen LogP contribution is 2.38. The topological polar surface area (TPSA) is 68.4 Å². The molecule has 1 N–H and O–H groups in total. The van der Waals surface area contributed by atoms with Gasteiger partial charge >= 0.3 is 0 Å². The number of ether oxygens (including phenoxy) is 1. The minimum Gasteiger partial charge on any atom is -0.483 e. The third-order valence-corrected chi connectivity index (χ3v) is 3.40. The molecule has 0 spiro atoms. The summed E-state index contributed by atoms with van der Waals surface area (Å²) in [6, 6.07) is 5.73. The van der Waals surface area contributed by atoms with Gasteiger partial charge in [0.2, 0.25) is 0 Å². The fraction of sp³-hybridized carbons (Fsp3) is 0.467. The number of aliphatic hydroxyl groups excluding tert-OH is 1. The molecule has 3 rings (SSSR count). The monoisotopic (exact) mass is 274 g/mol. The molecule has 1 aromatic heterocycles. The first-order valence-corrected chi connectivity index (χ1v) is 6.87. The van der Waals surface area contributed by atoms with Crippen molar-refractivity contribution in [1.82, 2.24) is 10.1 Å². The van der Waals surface area contributed by atoms with Crippen molar-refractivity contribution in [2.45, 2.75) is 45.3 Å². The van der Waals surface area contributed by atoms with Crippen LogP contribution in [-0.4, -0.2) is 15.2 Å². The lowest BCUT2D eigenvalue weighted by Crippen LogP contribution is -2.01. The van der Waals surface area contributed by atoms with Crippen molar-refractivity contribution in [2.75, 3.05) is 0 Å². The van der Waals surface area contributed by atoms with Crippen molar-refractivity contribution in [1.29, 1.82) is 0 Å². The number of hydrogen-bond donors (Lipinski definition) is 1. The first-order chi connectivity index (χ1) is 9.63. The second-order valence-electron chi connectivity index (χ2n) is 5.33. The van der Waals surface area contributed by atoms with Gasteiger partial charge in [-0.15, -0.1) is 0 Å². The fourth-order valence-corrected chi connectivity index (χ4v) is 2.09. The number of hydrogen-bond acceptors (Lipinski definition) is 5. The van der Waals surface area contributed by atoms with E-state index in [1.54, 1.807) is 6.92 Å². The van der Waals surface area contributed by atoms with Crippen LogP contribution in [0.2, 0.25) is 0 Å². The Morgan fingerprint density at radius 2 is 2.25 bits per heavy atom. The Hall–Kier alpha value is -1.88. The van der Waals surface area contributed by atoms with Crippen LogP contribution in [0.1, 0.15) is 54.6 Å². The van der Waals surface area contributed by atoms with Crippen LogP contribution in [0.5, 0.6) is 5.75 Å². The fourth-order valence-electron chi connectivity index (χ4n) is 2.09. The Morgan fingerprint density at radius 1 is 1.45 bits per heavy atom. The summed E-state index contributed by atoms with van der Waals surface area (Å²) in [4.78, 5) is 4.32. The highest BCUT2D eigenvalue weighted by atomic mass is 16.5. The second-order valence-corrected chi connectivity index (χ2v) is 5.33. The van der Waals surface area contributed by atoms with Crippen LogP contribution in [-0.2, 0) is 6.61 Å². The summed E-state index contributed by atoms with van der Waals surface area (Å²) in [6.07, 6.45) is 1.71. The van der Waals surface area contributed by atoms with E-state index in [4.69, 9.17) is 9.26 Å². The van der Waals surface area contributed by atoms with E-state index in [0.717, 1.165) is 29.8 Å². The van der Waals surface area contributed by atoms with Crippen LogP contribution in [0.4, 0.5) is 0 Å². The van der Waals surface area contributed by atoms with Gasteiger partial charge in [0.25, 0.3) is 5.89 Å². The number of aromatic nitrogens is 2. The zero-order valence-corrected chi connectivity index (χ0v) is 11.7. The van der Waals surface area contributed by atoms with Gasteiger partial charge in [0.15, 0.2) is 12.4 Å². The molecule has 0 unspecified atom stereocenters. The minimum atomic E-state index is -0.574. The van der Waals surface area contributed by atoms with Crippen molar-refractivity contribution in [3.63, 3.8) is 0 Å². The molecule has 5 heteroatoms. The summed E-state index contributed by atoms with van der Waals surface area (Å²) >= 11 is 0. The van der Waals surface area contributed by atoms with Crippen LogP contribution in [0, 0.1) is 6.92 Å². The molecule has 1 aromatic carbocycles. The quantitative estimate of drug-likeness (QED) is 0.908. The number of rotatable bonds is 5. The molecule has 1 heterocycles. The molecular formula is C15H18N2O3. The zero-order chi connectivity index (χ0) is 14.1. The molecule has 0 aliphatic heterocycles. The Morgan fingerprint density at radius 3 is 2.95 bits per heavy atom. The molecular weight excluding hydrogens is 256 g/mol. The molecule has 1 atom stereocenters. The average molecular weight is 274 g/mol. The summed E-state index contributed by atoms with van der Waals surface area (Å²) in [5.41, 5.74) is 1.84. The summed E-state index contributed by atoms with van der Waals surface area (Å²) < 4.78 is 10.9. The smallest absolute Gasteiger partial charge is 0.264 e. The number of benzene rings is 1. The summed E-state index contributed by atoms with van der Waals surface area (Å²) in [5.74, 6) is 2.39. The lowest BCUT2D eigenvalue weighted by molar-refractivity contribution is 0.185. The molecule has 0 saturated heterocycles. The van der Waals surface area contributed by atoms with Crippen molar-refractivity contribution in [3.05, 3.63) is 41.0 Å². The first kappa shape index (κ1) is 13.1. The maximum absolute atomic E-state index is 9.75. The summed E-state index contributed by atoms with van der Waals surface area (Å²) in [6.45, 7) is 3.93. The molecule has 2 aromatic rings. The van der Waals surface area contributed by atoms with Crippen molar-refractivity contribution in [3.8, 4) is 5.75 Å². The predicted molar refractivity (Wildman–Crippen MR) is 72.4 cm³/mol. The van der Waals surface area contributed by atoms with E-state index in [2.05, 4.69) is 10.1 Å². The predicted octanol–water partition coefficient (Wildman–Crippen LogP) is 2.89. The lowest BCUT2D eigenvalue weighted by atomic mass is 10.1. The Kier molecular flexibility index (Phi) is 3.44. The van der Waals surface area contributed by atoms with Gasteiger partial charge < -0.3 is 14.4 Å². The molecule has 106 valence electrons. The van der Waals surface area contributed by atoms with E-state index >= 15 is 0 Å². The average Bonchev–Trinajstić information content (AvgIpc) is 3.15. The molecule has 1 aliphatic rings. The highest BCUT2D eigenvalue weighted by Gasteiger charge is 2.28. The lowest BCUT2D eigenvalue weighted by Gasteiger charge is -2.13. The van der Waals surface area contributed by atoms with Gasteiger partial charge in [0.1, 0.15) is 5.75 Å². The van der Waals surface area contributed by atoms with Crippen LogP contribution in [0.15, 0.2) is 22.7 Å². The van der Waals surface area contributed by atoms with Crippen molar-refractivity contribution in [2.24, 2.45) is 0 Å². The minimum absolute atomic E-state index is 0.225. The Balaban J connectivity index is 1.71. The molecule has 5 nitrogen and oxygen atoms in total. The Labute approximate surface area is 117 Å². The first-order valence-electron chi connectivity index (χ1n) is 6.87. The largest absolute Gasteiger partial charge is 0.483 e. The van der Waals surface area contributed by atoms with Gasteiger partial charge in [-0.05, 0) is 38.3 Å². The van der Waals surface area contributed by atoms with Crippen molar-refractivity contribution < 1.29 is 14.4 Å². The van der Waals surface area contributed by atoms with E-state index < -0.39 is 6.10 Å². The third-order valence-electron chi connectivity index (χ3n) is 3.40. The summed E-state index contributed by atoms with van der Waals surface area (Å²) in [7, 11) is 0. The third kappa shape index (κ3) is 2.82. The van der Waals surface area contributed by atoms with E-state index in [-0.39, 0.29) is 6.61 Å². The number of aryl methyl sites for hydroxylation is 1. The van der Waals surface area contributed by atoms with Crippen LogP contribution >= 0.6 is 0 Å². The highest BCUT2D eigenvalue weighted by molar-refractivity contribution is 5.38. The van der Waals surface area contributed by atoms with Gasteiger partial charge in [-0.2, -0.15) is 4.98 Å². The van der Waals surface area contributed by atoms with Crippen LogP contribution < -0.4 is 4.74 Å². The maximum atomic E-state index is 9.75. The SMILES string of the molecule is Cc1ccc([C@@H](C)O)c(OCc2nc(C3CC3)no2)c1. The second kappa shape index (κ2) is 5.25. The Bertz CT molecular complexity index is 603. The molecule has 1 aliphatic carbocycles. The standard InChI is InChI=1S/C15H18N2O3/c1-9-3-6-12(10(2)18)13(7-9)19-8-14-16-15(17-20-14)11-4-5-11/h3,6-7,10-11,18H,4-5,8H2,1-2H3/t10-/m1/s1. The number of aliphatic hydroxyl groups is 1. The van der Waals surface area contributed by atoms with Crippen LogP contribution in [0.25, 0.3) is 0 Å². The van der Waals surface area contributed by atoms with Gasteiger partial charge in [-0.1, -0.05) is 17.3 Å². The van der Waals surface area contributed by atoms with E-state index in [0.29, 0.717) is 17.6 Å². The maximum Gasteiger partial charge on any atom is 0.264 e.